The highest BCUT2D eigenvalue weighted by atomic mass is 16.5. The molecule has 8 heteroatoms. The Balaban J connectivity index is 1.84. The van der Waals surface area contributed by atoms with E-state index in [1.807, 2.05) is 0 Å². The van der Waals surface area contributed by atoms with Crippen molar-refractivity contribution in [3.8, 4) is 5.75 Å². The highest BCUT2D eigenvalue weighted by Crippen LogP contribution is 2.22. The van der Waals surface area contributed by atoms with E-state index in [1.54, 1.807) is 31.2 Å². The summed E-state index contributed by atoms with van der Waals surface area (Å²) in [5.41, 5.74) is 0.762. The predicted octanol–water partition coefficient (Wildman–Crippen LogP) is 1.34. The first-order valence-corrected chi connectivity index (χ1v) is 6.84. The van der Waals surface area contributed by atoms with Crippen LogP contribution in [0.1, 0.15) is 5.69 Å². The van der Waals surface area contributed by atoms with Crippen LogP contribution in [0.2, 0.25) is 0 Å². The molecule has 3 rings (SSSR count). The number of fused-ring (bicyclic) bond motifs is 1. The number of rotatable bonds is 4. The van der Waals surface area contributed by atoms with Crippen molar-refractivity contribution < 1.29 is 14.1 Å². The molecule has 2 aromatic heterocycles. The van der Waals surface area contributed by atoms with Crippen LogP contribution in [0.15, 0.2) is 39.9 Å². The van der Waals surface area contributed by atoms with E-state index in [0.717, 1.165) is 0 Å². The van der Waals surface area contributed by atoms with Gasteiger partial charge in [0.05, 0.1) is 18.5 Å². The Bertz CT molecular complexity index is 929. The zero-order valence-corrected chi connectivity index (χ0v) is 12.6. The van der Waals surface area contributed by atoms with Crippen molar-refractivity contribution >= 4 is 22.7 Å². The lowest BCUT2D eigenvalue weighted by Gasteiger charge is -2.10. The first-order chi connectivity index (χ1) is 11.1. The number of amides is 1. The molecule has 0 spiro atoms. The fourth-order valence-electron chi connectivity index (χ4n) is 2.22. The van der Waals surface area contributed by atoms with Crippen molar-refractivity contribution in [3.63, 3.8) is 0 Å². The standard InChI is InChI=1S/C15H14N4O4/c1-9-13-14(23-18-9)16-8-19(15(13)21)7-12(20)17-10-5-3-4-6-11(10)22-2/h3-6,8H,7H2,1-2H3,(H,17,20). The average Bonchev–Trinajstić information content (AvgIpc) is 2.92. The predicted molar refractivity (Wildman–Crippen MR) is 82.4 cm³/mol. The molecule has 1 N–H and O–H groups in total. The van der Waals surface area contributed by atoms with Gasteiger partial charge in [0.2, 0.25) is 5.91 Å². The van der Waals surface area contributed by atoms with Crippen LogP contribution in [0.4, 0.5) is 5.69 Å². The highest BCUT2D eigenvalue weighted by molar-refractivity contribution is 5.92. The second-order valence-electron chi connectivity index (χ2n) is 4.87. The van der Waals surface area contributed by atoms with Gasteiger partial charge in [-0.05, 0) is 19.1 Å². The number of para-hydroxylation sites is 2. The number of hydrogen-bond donors (Lipinski definition) is 1. The van der Waals surface area contributed by atoms with E-state index in [2.05, 4.69) is 15.5 Å². The molecule has 1 amide bonds. The van der Waals surface area contributed by atoms with Crippen LogP contribution in [0.5, 0.6) is 5.75 Å². The van der Waals surface area contributed by atoms with Crippen LogP contribution in [0.3, 0.4) is 0 Å². The van der Waals surface area contributed by atoms with Crippen LogP contribution in [-0.2, 0) is 11.3 Å². The minimum absolute atomic E-state index is 0.161. The van der Waals surface area contributed by atoms with Gasteiger partial charge in [-0.2, -0.15) is 0 Å². The molecule has 0 fully saturated rings. The summed E-state index contributed by atoms with van der Waals surface area (Å²) in [6.07, 6.45) is 1.26. The molecule has 118 valence electrons. The summed E-state index contributed by atoms with van der Waals surface area (Å²) < 4.78 is 11.3. The van der Waals surface area contributed by atoms with Crippen molar-refractivity contribution in [1.29, 1.82) is 0 Å². The van der Waals surface area contributed by atoms with Gasteiger partial charge in [-0.15, -0.1) is 0 Å². The molecule has 2 heterocycles. The maximum Gasteiger partial charge on any atom is 0.267 e. The van der Waals surface area contributed by atoms with Gasteiger partial charge in [-0.25, -0.2) is 4.98 Å². The second kappa shape index (κ2) is 5.91. The number of methoxy groups -OCH3 is 1. The van der Waals surface area contributed by atoms with Crippen molar-refractivity contribution in [2.75, 3.05) is 12.4 Å². The molecule has 0 saturated carbocycles. The fraction of sp³-hybridized carbons (Fsp3) is 0.200. The molecule has 0 saturated heterocycles. The molecule has 0 bridgehead atoms. The summed E-state index contributed by atoms with van der Waals surface area (Å²) >= 11 is 0. The Morgan fingerprint density at radius 3 is 2.96 bits per heavy atom. The molecule has 0 aliphatic heterocycles. The lowest BCUT2D eigenvalue weighted by Crippen LogP contribution is -2.28. The Kier molecular flexibility index (Phi) is 3.80. The average molecular weight is 314 g/mol. The fourth-order valence-corrected chi connectivity index (χ4v) is 2.22. The lowest BCUT2D eigenvalue weighted by molar-refractivity contribution is -0.116. The number of nitrogens with zero attached hydrogens (tertiary/aromatic N) is 3. The van der Waals surface area contributed by atoms with Gasteiger partial charge in [0.25, 0.3) is 11.3 Å². The number of nitrogens with one attached hydrogen (secondary N) is 1. The quantitative estimate of drug-likeness (QED) is 0.780. The monoisotopic (exact) mass is 314 g/mol. The molecule has 8 nitrogen and oxygen atoms in total. The maximum atomic E-state index is 12.3. The number of aryl methyl sites for hydroxylation is 1. The molecular formula is C15H14N4O4. The van der Waals surface area contributed by atoms with Gasteiger partial charge < -0.3 is 14.6 Å². The number of ether oxygens (including phenoxy) is 1. The van der Waals surface area contributed by atoms with E-state index in [1.165, 1.54) is 18.0 Å². The Hall–Kier alpha value is -3.16. The summed E-state index contributed by atoms with van der Waals surface area (Å²) in [4.78, 5) is 28.5. The molecule has 0 atom stereocenters. The molecule has 0 aliphatic carbocycles. The third kappa shape index (κ3) is 2.78. The minimum atomic E-state index is -0.371. The van der Waals surface area contributed by atoms with Gasteiger partial charge >= 0.3 is 0 Å². The Labute approximate surface area is 130 Å². The van der Waals surface area contributed by atoms with Crippen molar-refractivity contribution in [1.82, 2.24) is 14.7 Å². The summed E-state index contributed by atoms with van der Waals surface area (Å²) in [5, 5.41) is 6.68. The topological polar surface area (TPSA) is 99.2 Å². The van der Waals surface area contributed by atoms with Gasteiger partial charge in [0, 0.05) is 0 Å². The third-order valence-electron chi connectivity index (χ3n) is 3.33. The van der Waals surface area contributed by atoms with Crippen molar-refractivity contribution in [2.24, 2.45) is 0 Å². The molecule has 0 radical (unpaired) electrons. The van der Waals surface area contributed by atoms with Gasteiger partial charge in [0.1, 0.15) is 24.0 Å². The normalized spacial score (nSPS) is 10.7. The van der Waals surface area contributed by atoms with Gasteiger partial charge in [-0.1, -0.05) is 17.3 Å². The lowest BCUT2D eigenvalue weighted by atomic mass is 10.3. The molecule has 1 aromatic carbocycles. The summed E-state index contributed by atoms with van der Waals surface area (Å²) in [5.74, 6) is 0.170. The van der Waals surface area contributed by atoms with Crippen LogP contribution in [-0.4, -0.2) is 27.7 Å². The van der Waals surface area contributed by atoms with Crippen LogP contribution < -0.4 is 15.6 Å². The largest absolute Gasteiger partial charge is 0.495 e. The van der Waals surface area contributed by atoms with E-state index in [9.17, 15) is 9.59 Å². The van der Waals surface area contributed by atoms with E-state index >= 15 is 0 Å². The van der Waals surface area contributed by atoms with Crippen molar-refractivity contribution in [2.45, 2.75) is 13.5 Å². The first kappa shape index (κ1) is 14.8. The molecular weight excluding hydrogens is 300 g/mol. The van der Waals surface area contributed by atoms with E-state index < -0.39 is 0 Å². The summed E-state index contributed by atoms with van der Waals surface area (Å²) in [6.45, 7) is 1.47. The number of anilines is 1. The molecule has 0 aliphatic rings. The van der Waals surface area contributed by atoms with E-state index in [4.69, 9.17) is 9.26 Å². The number of aromatic nitrogens is 3. The molecule has 0 unspecified atom stereocenters. The van der Waals surface area contributed by atoms with Crippen molar-refractivity contribution in [3.05, 3.63) is 46.6 Å². The number of carbonyl (C=O) groups is 1. The smallest absolute Gasteiger partial charge is 0.267 e. The second-order valence-corrected chi connectivity index (χ2v) is 4.87. The van der Waals surface area contributed by atoms with Crippen LogP contribution >= 0.6 is 0 Å². The van der Waals surface area contributed by atoms with E-state index in [0.29, 0.717) is 17.1 Å². The van der Waals surface area contributed by atoms with Crippen LogP contribution in [0, 0.1) is 6.92 Å². The zero-order chi connectivity index (χ0) is 16.4. The maximum absolute atomic E-state index is 12.3. The number of benzene rings is 1. The third-order valence-corrected chi connectivity index (χ3v) is 3.33. The Morgan fingerprint density at radius 2 is 2.17 bits per heavy atom. The molecule has 23 heavy (non-hydrogen) atoms. The van der Waals surface area contributed by atoms with Gasteiger partial charge in [0.15, 0.2) is 0 Å². The summed E-state index contributed by atoms with van der Waals surface area (Å²) in [6, 6.07) is 7.02. The zero-order valence-electron chi connectivity index (χ0n) is 12.6. The van der Waals surface area contributed by atoms with Crippen LogP contribution in [0.25, 0.3) is 11.1 Å². The number of hydrogen-bond acceptors (Lipinski definition) is 6. The Morgan fingerprint density at radius 1 is 1.39 bits per heavy atom. The molecule has 3 aromatic rings. The minimum Gasteiger partial charge on any atom is -0.495 e. The van der Waals surface area contributed by atoms with Gasteiger partial charge in [-0.3, -0.25) is 14.2 Å². The first-order valence-electron chi connectivity index (χ1n) is 6.84. The highest BCUT2D eigenvalue weighted by Gasteiger charge is 2.14. The summed E-state index contributed by atoms with van der Waals surface area (Å²) in [7, 11) is 1.52. The number of carbonyl (C=O) groups excluding carboxylic acids is 1. The SMILES string of the molecule is COc1ccccc1NC(=O)Cn1cnc2onc(C)c2c1=O. The van der Waals surface area contributed by atoms with E-state index in [-0.39, 0.29) is 29.1 Å².